The van der Waals surface area contributed by atoms with Crippen molar-refractivity contribution in [1.29, 1.82) is 0 Å². The summed E-state index contributed by atoms with van der Waals surface area (Å²) in [5, 5.41) is 3.00. The molecule has 3 N–H and O–H groups in total. The molecule has 1 aliphatic heterocycles. The highest BCUT2D eigenvalue weighted by Gasteiger charge is 2.29. The molecule has 2 aromatic rings. The number of benzene rings is 2. The number of nitrogens with zero attached hydrogens (tertiary/aromatic N) is 1. The van der Waals surface area contributed by atoms with Crippen LogP contribution in [-0.2, 0) is 16.1 Å². The van der Waals surface area contributed by atoms with E-state index in [0.717, 1.165) is 16.7 Å². The maximum atomic E-state index is 12.7. The molecule has 2 amide bonds. The van der Waals surface area contributed by atoms with Gasteiger partial charge >= 0.3 is 0 Å². The van der Waals surface area contributed by atoms with Gasteiger partial charge in [-0.25, -0.2) is 0 Å². The van der Waals surface area contributed by atoms with Crippen LogP contribution in [0.1, 0.15) is 35.6 Å². The molecule has 0 aliphatic carbocycles. The van der Waals surface area contributed by atoms with E-state index in [1.165, 1.54) is 0 Å². The zero-order valence-corrected chi connectivity index (χ0v) is 15.7. The monoisotopic (exact) mass is 365 g/mol. The van der Waals surface area contributed by atoms with Gasteiger partial charge in [-0.05, 0) is 30.9 Å². The Hall–Kier alpha value is -2.66. The molecule has 0 saturated carbocycles. The van der Waals surface area contributed by atoms with Crippen molar-refractivity contribution < 1.29 is 9.59 Å². The maximum absolute atomic E-state index is 12.7. The molecule has 1 heterocycles. The second-order valence-electron chi connectivity index (χ2n) is 7.19. The van der Waals surface area contributed by atoms with Crippen LogP contribution in [0.5, 0.6) is 0 Å². The number of carbonyl (C=O) groups is 2. The van der Waals surface area contributed by atoms with E-state index in [-0.39, 0.29) is 17.7 Å². The highest BCUT2D eigenvalue weighted by atomic mass is 16.2. The van der Waals surface area contributed by atoms with Gasteiger partial charge in [-0.15, -0.1) is 0 Å². The zero-order chi connectivity index (χ0) is 19.2. The van der Waals surface area contributed by atoms with Gasteiger partial charge in [-0.1, -0.05) is 60.2 Å². The molecule has 142 valence electrons. The molecule has 5 heteroatoms. The standard InChI is InChI=1S/C22H27N3O2/c1-16-7-9-18(10-8-16)20(23)22(27)25-13-11-19(12-14-25)21(26)24-15-17-5-3-2-4-6-17/h2-10,19-20H,11-15,23H2,1H3,(H,24,26). The Morgan fingerprint density at radius 2 is 1.70 bits per heavy atom. The first kappa shape index (κ1) is 19.1. The smallest absolute Gasteiger partial charge is 0.244 e. The van der Waals surface area contributed by atoms with E-state index in [1.54, 1.807) is 4.90 Å². The minimum Gasteiger partial charge on any atom is -0.352 e. The molecule has 1 aliphatic rings. The molecule has 1 atom stereocenters. The molecule has 2 aromatic carbocycles. The second-order valence-corrected chi connectivity index (χ2v) is 7.19. The lowest BCUT2D eigenvalue weighted by Gasteiger charge is -2.33. The van der Waals surface area contributed by atoms with Crippen molar-refractivity contribution >= 4 is 11.8 Å². The minimum atomic E-state index is -0.644. The normalized spacial score (nSPS) is 16.0. The minimum absolute atomic E-state index is 0.0478. The Bertz CT molecular complexity index is 766. The summed E-state index contributed by atoms with van der Waals surface area (Å²) in [5.74, 6) is -0.0517. The van der Waals surface area contributed by atoms with E-state index in [0.29, 0.717) is 32.5 Å². The fourth-order valence-electron chi connectivity index (χ4n) is 3.40. The summed E-state index contributed by atoms with van der Waals surface area (Å²) >= 11 is 0. The van der Waals surface area contributed by atoms with Crippen molar-refractivity contribution in [3.05, 3.63) is 71.3 Å². The van der Waals surface area contributed by atoms with Gasteiger partial charge in [0.2, 0.25) is 11.8 Å². The Balaban J connectivity index is 1.48. The van der Waals surface area contributed by atoms with Crippen LogP contribution in [0.25, 0.3) is 0 Å². The Kier molecular flexibility index (Phi) is 6.24. The lowest BCUT2D eigenvalue weighted by atomic mass is 9.94. The van der Waals surface area contributed by atoms with E-state index in [2.05, 4.69) is 5.32 Å². The molecule has 1 unspecified atom stereocenters. The first-order valence-corrected chi connectivity index (χ1v) is 9.47. The molecule has 0 radical (unpaired) electrons. The third-order valence-electron chi connectivity index (χ3n) is 5.19. The van der Waals surface area contributed by atoms with Crippen LogP contribution in [0, 0.1) is 12.8 Å². The van der Waals surface area contributed by atoms with E-state index in [9.17, 15) is 9.59 Å². The molecular formula is C22H27N3O2. The maximum Gasteiger partial charge on any atom is 0.244 e. The van der Waals surface area contributed by atoms with Gasteiger partial charge in [0.1, 0.15) is 6.04 Å². The van der Waals surface area contributed by atoms with Gasteiger partial charge in [0.25, 0.3) is 0 Å². The Labute approximate surface area is 160 Å². The number of carbonyl (C=O) groups excluding carboxylic acids is 2. The number of hydrogen-bond donors (Lipinski definition) is 2. The molecule has 0 spiro atoms. The van der Waals surface area contributed by atoms with Gasteiger partial charge in [0.05, 0.1) is 0 Å². The number of aryl methyl sites for hydroxylation is 1. The zero-order valence-electron chi connectivity index (χ0n) is 15.7. The summed E-state index contributed by atoms with van der Waals surface area (Å²) in [6.07, 6.45) is 1.35. The molecule has 1 fully saturated rings. The number of piperidine rings is 1. The molecule has 27 heavy (non-hydrogen) atoms. The van der Waals surface area contributed by atoms with Gasteiger partial charge in [0.15, 0.2) is 0 Å². The fraction of sp³-hybridized carbons (Fsp3) is 0.364. The summed E-state index contributed by atoms with van der Waals surface area (Å²) in [7, 11) is 0. The highest BCUT2D eigenvalue weighted by Crippen LogP contribution is 2.21. The number of nitrogens with two attached hydrogens (primary N) is 1. The van der Waals surface area contributed by atoms with Crippen LogP contribution < -0.4 is 11.1 Å². The van der Waals surface area contributed by atoms with Crippen LogP contribution in [0.3, 0.4) is 0 Å². The molecule has 0 aromatic heterocycles. The van der Waals surface area contributed by atoms with Crippen molar-refractivity contribution in [3.63, 3.8) is 0 Å². The molecule has 1 saturated heterocycles. The van der Waals surface area contributed by atoms with Crippen LogP contribution in [0.15, 0.2) is 54.6 Å². The number of nitrogens with one attached hydrogen (secondary N) is 1. The van der Waals surface area contributed by atoms with Crippen LogP contribution in [0.2, 0.25) is 0 Å². The summed E-state index contributed by atoms with van der Waals surface area (Å²) in [6, 6.07) is 17.0. The molecule has 0 bridgehead atoms. The van der Waals surface area contributed by atoms with E-state index >= 15 is 0 Å². The number of rotatable bonds is 5. The highest BCUT2D eigenvalue weighted by molar-refractivity contribution is 5.84. The lowest BCUT2D eigenvalue weighted by Crippen LogP contribution is -2.46. The van der Waals surface area contributed by atoms with Gasteiger partial charge in [-0.2, -0.15) is 0 Å². The Morgan fingerprint density at radius 1 is 1.07 bits per heavy atom. The van der Waals surface area contributed by atoms with Gasteiger partial charge < -0.3 is 16.0 Å². The van der Waals surface area contributed by atoms with Crippen molar-refractivity contribution in [2.75, 3.05) is 13.1 Å². The van der Waals surface area contributed by atoms with Gasteiger partial charge in [-0.3, -0.25) is 9.59 Å². The third-order valence-corrected chi connectivity index (χ3v) is 5.19. The van der Waals surface area contributed by atoms with Crippen LogP contribution in [-0.4, -0.2) is 29.8 Å². The summed E-state index contributed by atoms with van der Waals surface area (Å²) in [5.41, 5.74) is 9.21. The van der Waals surface area contributed by atoms with E-state index in [1.807, 2.05) is 61.5 Å². The third kappa shape index (κ3) is 4.95. The van der Waals surface area contributed by atoms with Crippen LogP contribution >= 0.6 is 0 Å². The first-order valence-electron chi connectivity index (χ1n) is 9.47. The first-order chi connectivity index (χ1) is 13.0. The second kappa shape index (κ2) is 8.82. The summed E-state index contributed by atoms with van der Waals surface area (Å²) < 4.78 is 0. The lowest BCUT2D eigenvalue weighted by molar-refractivity contribution is -0.136. The predicted molar refractivity (Wildman–Crippen MR) is 106 cm³/mol. The van der Waals surface area contributed by atoms with Crippen LogP contribution in [0.4, 0.5) is 0 Å². The van der Waals surface area contributed by atoms with E-state index < -0.39 is 6.04 Å². The summed E-state index contributed by atoms with van der Waals surface area (Å²) in [6.45, 7) is 3.69. The largest absolute Gasteiger partial charge is 0.352 e. The summed E-state index contributed by atoms with van der Waals surface area (Å²) in [4.78, 5) is 26.9. The van der Waals surface area contributed by atoms with Crippen molar-refractivity contribution in [1.82, 2.24) is 10.2 Å². The fourth-order valence-corrected chi connectivity index (χ4v) is 3.40. The Morgan fingerprint density at radius 3 is 2.33 bits per heavy atom. The van der Waals surface area contributed by atoms with Crippen molar-refractivity contribution in [2.45, 2.75) is 32.4 Å². The number of amides is 2. The van der Waals surface area contributed by atoms with E-state index in [4.69, 9.17) is 5.73 Å². The quantitative estimate of drug-likeness (QED) is 0.855. The van der Waals surface area contributed by atoms with Gasteiger partial charge in [0, 0.05) is 25.6 Å². The topological polar surface area (TPSA) is 75.4 Å². The number of likely N-dealkylation sites (tertiary alicyclic amines) is 1. The average molecular weight is 365 g/mol. The van der Waals surface area contributed by atoms with Crippen molar-refractivity contribution in [3.8, 4) is 0 Å². The average Bonchev–Trinajstić information content (AvgIpc) is 2.72. The molecule has 3 rings (SSSR count). The molecule has 5 nitrogen and oxygen atoms in total. The SMILES string of the molecule is Cc1ccc(C(N)C(=O)N2CCC(C(=O)NCc3ccccc3)CC2)cc1. The van der Waals surface area contributed by atoms with Crippen molar-refractivity contribution in [2.24, 2.45) is 11.7 Å². The predicted octanol–water partition coefficient (Wildman–Crippen LogP) is 2.55. The number of hydrogen-bond acceptors (Lipinski definition) is 3. The molecular weight excluding hydrogens is 338 g/mol.